The molecule has 2 amide bonds. The molecule has 0 radical (unpaired) electrons. The first-order valence-corrected chi connectivity index (χ1v) is 16.3. The molecular formula is C35H33ClF2N4O7. The number of carbonyl (C=O) groups is 2. The number of benzene rings is 2. The lowest BCUT2D eigenvalue weighted by atomic mass is 9.90. The van der Waals surface area contributed by atoms with Gasteiger partial charge in [-0.25, -0.2) is 9.97 Å². The second kappa shape index (κ2) is 12.3. The van der Waals surface area contributed by atoms with Gasteiger partial charge in [-0.2, -0.15) is 0 Å². The SMILES string of the molecule is CCOc1c(CC(N)=O)cc([C@@](O)(CNC(=O)c2cc(OC3CC3)c3nc(C)c(Cl)cc3c2)C2CC2)nc1-c1ccc2c(c1)OC(F)(F)O2. The number of halogens is 3. The van der Waals surface area contributed by atoms with Gasteiger partial charge in [0, 0.05) is 22.1 Å². The minimum Gasteiger partial charge on any atom is -0.491 e. The molecule has 3 aliphatic rings. The average molecular weight is 695 g/mol. The van der Waals surface area contributed by atoms with Crippen molar-refractivity contribution in [3.63, 3.8) is 0 Å². The summed E-state index contributed by atoms with van der Waals surface area (Å²) in [5, 5.41) is 16.2. The summed E-state index contributed by atoms with van der Waals surface area (Å²) in [4.78, 5) is 35.3. The minimum absolute atomic E-state index is 0.0510. The Bertz CT molecular complexity index is 2000. The van der Waals surface area contributed by atoms with E-state index in [1.807, 2.05) is 0 Å². The molecule has 0 bridgehead atoms. The van der Waals surface area contributed by atoms with E-state index in [0.29, 0.717) is 51.3 Å². The zero-order valence-electron chi connectivity index (χ0n) is 26.6. The normalized spacial score (nSPS) is 17.4. The molecule has 2 aliphatic carbocycles. The van der Waals surface area contributed by atoms with Crippen LogP contribution in [-0.4, -0.2) is 52.4 Å². The number of carbonyl (C=O) groups excluding carboxylic acids is 2. The van der Waals surface area contributed by atoms with Crippen LogP contribution < -0.4 is 30.0 Å². The summed E-state index contributed by atoms with van der Waals surface area (Å²) in [7, 11) is 0. The van der Waals surface area contributed by atoms with Crippen molar-refractivity contribution in [2.24, 2.45) is 11.7 Å². The first kappa shape index (κ1) is 32.8. The van der Waals surface area contributed by atoms with Crippen LogP contribution in [0.5, 0.6) is 23.0 Å². The number of amides is 2. The van der Waals surface area contributed by atoms with Crippen LogP contribution in [0.1, 0.15) is 59.9 Å². The molecule has 1 atom stereocenters. The van der Waals surface area contributed by atoms with Crippen LogP contribution in [0.3, 0.4) is 0 Å². The minimum atomic E-state index is -3.84. The molecule has 0 unspecified atom stereocenters. The van der Waals surface area contributed by atoms with E-state index in [0.717, 1.165) is 12.8 Å². The van der Waals surface area contributed by atoms with Gasteiger partial charge >= 0.3 is 6.29 Å². The predicted octanol–water partition coefficient (Wildman–Crippen LogP) is 5.58. The van der Waals surface area contributed by atoms with Gasteiger partial charge in [0.2, 0.25) is 5.91 Å². The summed E-state index contributed by atoms with van der Waals surface area (Å²) >= 11 is 6.36. The topological polar surface area (TPSA) is 155 Å². The molecule has 0 saturated heterocycles. The number of nitrogens with zero attached hydrogens (tertiary/aromatic N) is 2. The molecule has 4 aromatic rings. The van der Waals surface area contributed by atoms with Crippen molar-refractivity contribution in [2.75, 3.05) is 13.2 Å². The van der Waals surface area contributed by atoms with Gasteiger partial charge in [-0.05, 0) is 87.9 Å². The van der Waals surface area contributed by atoms with Crippen molar-refractivity contribution in [1.29, 1.82) is 0 Å². The van der Waals surface area contributed by atoms with Crippen molar-refractivity contribution >= 4 is 34.3 Å². The Balaban J connectivity index is 1.25. The van der Waals surface area contributed by atoms with Crippen molar-refractivity contribution in [2.45, 2.75) is 64.0 Å². The van der Waals surface area contributed by atoms with Gasteiger partial charge in [0.25, 0.3) is 5.91 Å². The Morgan fingerprint density at radius 3 is 2.55 bits per heavy atom. The number of nitrogens with two attached hydrogens (primary N) is 1. The third-order valence-electron chi connectivity index (χ3n) is 8.68. The highest BCUT2D eigenvalue weighted by molar-refractivity contribution is 6.31. The molecule has 11 nitrogen and oxygen atoms in total. The Morgan fingerprint density at radius 1 is 1.10 bits per heavy atom. The van der Waals surface area contributed by atoms with Crippen molar-refractivity contribution in [1.82, 2.24) is 15.3 Å². The molecule has 7 rings (SSSR count). The lowest BCUT2D eigenvalue weighted by Gasteiger charge is -2.30. The number of rotatable bonds is 12. The van der Waals surface area contributed by atoms with E-state index in [1.54, 1.807) is 38.1 Å². The van der Waals surface area contributed by atoms with Gasteiger partial charge in [0.15, 0.2) is 11.5 Å². The monoisotopic (exact) mass is 694 g/mol. The van der Waals surface area contributed by atoms with Crippen LogP contribution in [0.4, 0.5) is 8.78 Å². The van der Waals surface area contributed by atoms with E-state index < -0.39 is 23.7 Å². The second-order valence-corrected chi connectivity index (χ2v) is 13.0. The zero-order valence-corrected chi connectivity index (χ0v) is 27.4. The van der Waals surface area contributed by atoms with Crippen LogP contribution in [0, 0.1) is 12.8 Å². The second-order valence-electron chi connectivity index (χ2n) is 12.5. The summed E-state index contributed by atoms with van der Waals surface area (Å²) in [6, 6.07) is 10.7. The van der Waals surface area contributed by atoms with Crippen LogP contribution in [0.2, 0.25) is 5.02 Å². The molecule has 2 aromatic heterocycles. The Kier molecular flexibility index (Phi) is 8.22. The van der Waals surface area contributed by atoms with Crippen LogP contribution in [0.15, 0.2) is 42.5 Å². The Morgan fingerprint density at radius 2 is 1.86 bits per heavy atom. The highest BCUT2D eigenvalue weighted by Gasteiger charge is 2.47. The fourth-order valence-corrected chi connectivity index (χ4v) is 6.11. The maximum Gasteiger partial charge on any atom is 0.586 e. The molecule has 2 saturated carbocycles. The number of aryl methyl sites for hydroxylation is 1. The van der Waals surface area contributed by atoms with E-state index in [1.165, 1.54) is 18.2 Å². The maximum absolute atomic E-state index is 13.8. The van der Waals surface area contributed by atoms with Crippen molar-refractivity contribution in [3.8, 4) is 34.3 Å². The number of ether oxygens (including phenoxy) is 4. The van der Waals surface area contributed by atoms with Gasteiger partial charge in [0.1, 0.15) is 28.3 Å². The first-order valence-electron chi connectivity index (χ1n) is 16.0. The third-order valence-corrected chi connectivity index (χ3v) is 9.07. The molecule has 256 valence electrons. The highest BCUT2D eigenvalue weighted by Crippen LogP contribution is 2.48. The molecule has 1 aliphatic heterocycles. The molecule has 0 spiro atoms. The van der Waals surface area contributed by atoms with Gasteiger partial charge in [0.05, 0.1) is 42.1 Å². The fourth-order valence-electron chi connectivity index (χ4n) is 5.95. The average Bonchev–Trinajstić information content (AvgIpc) is 3.98. The Hall–Kier alpha value is -4.75. The van der Waals surface area contributed by atoms with E-state index >= 15 is 0 Å². The number of fused-ring (bicyclic) bond motifs is 2. The van der Waals surface area contributed by atoms with Gasteiger partial charge in [-0.15, -0.1) is 8.78 Å². The molecular weight excluding hydrogens is 662 g/mol. The number of aliphatic hydroxyl groups is 1. The third kappa shape index (κ3) is 6.64. The number of nitrogens with one attached hydrogen (secondary N) is 1. The molecule has 3 heterocycles. The smallest absolute Gasteiger partial charge is 0.491 e. The number of hydrogen-bond donors (Lipinski definition) is 3. The number of pyridine rings is 2. The van der Waals surface area contributed by atoms with E-state index in [4.69, 9.17) is 31.8 Å². The molecule has 4 N–H and O–H groups in total. The van der Waals surface area contributed by atoms with Crippen LogP contribution in [0.25, 0.3) is 22.2 Å². The quantitative estimate of drug-likeness (QED) is 0.173. The molecule has 49 heavy (non-hydrogen) atoms. The predicted molar refractivity (Wildman–Crippen MR) is 174 cm³/mol. The summed E-state index contributed by atoms with van der Waals surface area (Å²) in [5.74, 6) is -1.13. The van der Waals surface area contributed by atoms with Gasteiger partial charge in [-0.1, -0.05) is 11.6 Å². The van der Waals surface area contributed by atoms with E-state index in [9.17, 15) is 23.5 Å². The summed E-state index contributed by atoms with van der Waals surface area (Å²) < 4.78 is 48.9. The standard InChI is InChI=1S/C35H33ClF2N4O7/c1-3-46-32-20(15-29(39)43)14-28(42-31(32)18-4-9-25-26(12-18)49-35(37,38)48-25)34(45,22-5-6-22)16-40-33(44)21-10-19-11-24(36)17(2)41-30(19)27(13-21)47-23-7-8-23/h4,9-14,22-23,45H,3,5-8,15-16H2,1-2H3,(H2,39,43)(H,40,44)/t34-/m1/s1. The molecule has 14 heteroatoms. The summed E-state index contributed by atoms with van der Waals surface area (Å²) in [6.07, 6.45) is -0.920. The Labute approximate surface area is 284 Å². The number of alkyl halides is 2. The highest BCUT2D eigenvalue weighted by atomic mass is 35.5. The van der Waals surface area contributed by atoms with Gasteiger partial charge < -0.3 is 35.1 Å². The number of hydrogen-bond acceptors (Lipinski definition) is 9. The van der Waals surface area contributed by atoms with Crippen LogP contribution in [-0.2, 0) is 16.8 Å². The van der Waals surface area contributed by atoms with Crippen molar-refractivity contribution < 1.29 is 42.4 Å². The fraction of sp³-hybridized carbons (Fsp3) is 0.371. The lowest BCUT2D eigenvalue weighted by molar-refractivity contribution is -0.286. The van der Waals surface area contributed by atoms with Crippen molar-refractivity contribution in [3.05, 3.63) is 70.0 Å². The van der Waals surface area contributed by atoms with E-state index in [-0.39, 0.29) is 65.8 Å². The number of primary amides is 1. The van der Waals surface area contributed by atoms with Crippen LogP contribution >= 0.6 is 11.6 Å². The molecule has 2 aromatic carbocycles. The first-order chi connectivity index (χ1) is 23.3. The molecule has 2 fully saturated rings. The zero-order chi connectivity index (χ0) is 34.7. The largest absolute Gasteiger partial charge is 0.586 e. The van der Waals surface area contributed by atoms with Gasteiger partial charge in [-0.3, -0.25) is 9.59 Å². The van der Waals surface area contributed by atoms with E-state index in [2.05, 4.69) is 19.8 Å². The maximum atomic E-state index is 13.8. The lowest BCUT2D eigenvalue weighted by Crippen LogP contribution is -2.43. The summed E-state index contributed by atoms with van der Waals surface area (Å²) in [5.41, 5.74) is 6.39. The number of aromatic nitrogens is 2. The summed E-state index contributed by atoms with van der Waals surface area (Å²) in [6.45, 7) is 3.48.